The van der Waals surface area contributed by atoms with Gasteiger partial charge in [0.1, 0.15) is 0 Å². The standard InChI is InChI=1S/C17H21N3.C6H14.C2H6.CH4O/c18-16-6-4-5-15(13-16)14-19-9-11-20(12-10-19)17-7-2-1-3-8-17;1-3-5-6-4-2;2*1-2/h1-8,13H,9-12,14,18H2;3-6H2,1-2H3;1-2H3;2H,1H3. The third kappa shape index (κ3) is 11.8. The fourth-order valence-corrected chi connectivity index (χ4v) is 3.25. The van der Waals surface area contributed by atoms with Crippen LogP contribution < -0.4 is 10.6 Å². The Morgan fingerprint density at radius 1 is 0.800 bits per heavy atom. The van der Waals surface area contributed by atoms with Crippen LogP contribution in [0.4, 0.5) is 11.4 Å². The molecular weight excluding hydrogens is 370 g/mol. The second-order valence-corrected chi connectivity index (χ2v) is 7.05. The highest BCUT2D eigenvalue weighted by Gasteiger charge is 2.16. The average Bonchev–Trinajstić information content (AvgIpc) is 2.82. The van der Waals surface area contributed by atoms with Gasteiger partial charge in [-0.3, -0.25) is 4.90 Å². The number of benzene rings is 2. The molecular formula is C26H45N3O. The van der Waals surface area contributed by atoms with Gasteiger partial charge >= 0.3 is 0 Å². The molecule has 0 aliphatic carbocycles. The van der Waals surface area contributed by atoms with E-state index in [1.165, 1.54) is 36.9 Å². The molecule has 1 aliphatic rings. The summed E-state index contributed by atoms with van der Waals surface area (Å²) < 4.78 is 0. The number of para-hydroxylation sites is 1. The lowest BCUT2D eigenvalue weighted by Gasteiger charge is -2.36. The molecule has 0 aromatic heterocycles. The Balaban J connectivity index is 0.000000719. The van der Waals surface area contributed by atoms with Crippen molar-refractivity contribution in [1.82, 2.24) is 4.90 Å². The second-order valence-electron chi connectivity index (χ2n) is 7.05. The van der Waals surface area contributed by atoms with Crippen LogP contribution in [0.1, 0.15) is 58.9 Å². The quantitative estimate of drug-likeness (QED) is 0.461. The van der Waals surface area contributed by atoms with Crippen molar-refractivity contribution in [2.45, 2.75) is 59.9 Å². The molecule has 1 aliphatic heterocycles. The van der Waals surface area contributed by atoms with Gasteiger partial charge in [0, 0.05) is 51.2 Å². The number of aliphatic hydroxyl groups is 1. The van der Waals surface area contributed by atoms with E-state index in [0.717, 1.165) is 45.5 Å². The Bertz CT molecular complexity index is 607. The Morgan fingerprint density at radius 2 is 1.37 bits per heavy atom. The largest absolute Gasteiger partial charge is 0.400 e. The molecule has 2 aromatic rings. The van der Waals surface area contributed by atoms with Crippen LogP contribution >= 0.6 is 0 Å². The molecule has 1 heterocycles. The Morgan fingerprint density at radius 3 is 1.87 bits per heavy atom. The first-order valence-corrected chi connectivity index (χ1v) is 11.5. The van der Waals surface area contributed by atoms with Crippen molar-refractivity contribution in [3.8, 4) is 0 Å². The number of nitrogens with zero attached hydrogens (tertiary/aromatic N) is 2. The van der Waals surface area contributed by atoms with Crippen LogP contribution in [0.3, 0.4) is 0 Å². The number of rotatable bonds is 6. The summed E-state index contributed by atoms with van der Waals surface area (Å²) in [6.45, 7) is 13.8. The van der Waals surface area contributed by atoms with Gasteiger partial charge < -0.3 is 15.7 Å². The zero-order valence-corrected chi connectivity index (χ0v) is 20.0. The first-order valence-electron chi connectivity index (χ1n) is 11.5. The highest BCUT2D eigenvalue weighted by atomic mass is 16.2. The summed E-state index contributed by atoms with van der Waals surface area (Å²) in [5.41, 5.74) is 9.32. The van der Waals surface area contributed by atoms with Crippen LogP contribution in [-0.4, -0.2) is 43.3 Å². The predicted molar refractivity (Wildman–Crippen MR) is 134 cm³/mol. The van der Waals surface area contributed by atoms with E-state index < -0.39 is 0 Å². The molecule has 30 heavy (non-hydrogen) atoms. The number of nitrogen functional groups attached to an aromatic ring is 1. The SMILES string of the molecule is CC.CCCCCC.CO.Nc1cccc(CN2CCN(c3ccccc3)CC2)c1. The van der Waals surface area contributed by atoms with Gasteiger partial charge in [-0.05, 0) is 29.8 Å². The van der Waals surface area contributed by atoms with Gasteiger partial charge in [-0.2, -0.15) is 0 Å². The zero-order valence-electron chi connectivity index (χ0n) is 20.0. The number of piperazine rings is 1. The maximum absolute atomic E-state index is 7.00. The van der Waals surface area contributed by atoms with E-state index in [-0.39, 0.29) is 0 Å². The molecule has 0 spiro atoms. The van der Waals surface area contributed by atoms with Crippen molar-refractivity contribution >= 4 is 11.4 Å². The van der Waals surface area contributed by atoms with Crippen LogP contribution in [0.15, 0.2) is 54.6 Å². The van der Waals surface area contributed by atoms with Crippen molar-refractivity contribution in [3.63, 3.8) is 0 Å². The predicted octanol–water partition coefficient (Wildman–Crippen LogP) is 5.81. The van der Waals surface area contributed by atoms with Gasteiger partial charge in [0.05, 0.1) is 0 Å². The van der Waals surface area contributed by atoms with E-state index in [1.807, 2.05) is 26.0 Å². The lowest BCUT2D eigenvalue weighted by atomic mass is 10.1. The molecule has 4 nitrogen and oxygen atoms in total. The van der Waals surface area contributed by atoms with Gasteiger partial charge in [0.15, 0.2) is 0 Å². The number of unbranched alkanes of at least 4 members (excludes halogenated alkanes) is 3. The smallest absolute Gasteiger partial charge is 0.0367 e. The third-order valence-electron chi connectivity index (χ3n) is 4.81. The minimum absolute atomic E-state index is 0.852. The van der Waals surface area contributed by atoms with Gasteiger partial charge in [-0.25, -0.2) is 0 Å². The first-order chi connectivity index (χ1) is 14.7. The van der Waals surface area contributed by atoms with Crippen LogP contribution in [0.25, 0.3) is 0 Å². The fraction of sp³-hybridized carbons (Fsp3) is 0.538. The molecule has 4 heteroatoms. The molecule has 170 valence electrons. The molecule has 3 rings (SSSR count). The Hall–Kier alpha value is -2.04. The van der Waals surface area contributed by atoms with Crippen LogP contribution in [0.5, 0.6) is 0 Å². The minimum Gasteiger partial charge on any atom is -0.400 e. The van der Waals surface area contributed by atoms with E-state index in [1.54, 1.807) is 0 Å². The van der Waals surface area contributed by atoms with Crippen molar-refractivity contribution in [3.05, 3.63) is 60.2 Å². The summed E-state index contributed by atoms with van der Waals surface area (Å²) in [5.74, 6) is 0. The van der Waals surface area contributed by atoms with E-state index in [4.69, 9.17) is 10.8 Å². The molecule has 0 atom stereocenters. The van der Waals surface area contributed by atoms with Gasteiger partial charge in [-0.1, -0.05) is 83.7 Å². The highest BCUT2D eigenvalue weighted by molar-refractivity contribution is 5.46. The molecule has 0 radical (unpaired) electrons. The second kappa shape index (κ2) is 19.0. The van der Waals surface area contributed by atoms with Gasteiger partial charge in [-0.15, -0.1) is 0 Å². The van der Waals surface area contributed by atoms with Crippen LogP contribution in [0, 0.1) is 0 Å². The van der Waals surface area contributed by atoms with Crippen molar-refractivity contribution in [2.24, 2.45) is 0 Å². The summed E-state index contributed by atoms with van der Waals surface area (Å²) in [6, 6.07) is 18.9. The van der Waals surface area contributed by atoms with E-state index in [9.17, 15) is 0 Å². The van der Waals surface area contributed by atoms with Gasteiger partial charge in [0.25, 0.3) is 0 Å². The Kier molecular flexibility index (Phi) is 17.7. The lowest BCUT2D eigenvalue weighted by Crippen LogP contribution is -2.45. The summed E-state index contributed by atoms with van der Waals surface area (Å²) in [4.78, 5) is 4.95. The van der Waals surface area contributed by atoms with Crippen molar-refractivity contribution in [2.75, 3.05) is 43.9 Å². The topological polar surface area (TPSA) is 52.7 Å². The van der Waals surface area contributed by atoms with Crippen molar-refractivity contribution in [1.29, 1.82) is 0 Å². The first kappa shape index (κ1) is 28.0. The minimum atomic E-state index is 0.852. The van der Waals surface area contributed by atoms with Crippen LogP contribution in [-0.2, 0) is 6.54 Å². The van der Waals surface area contributed by atoms with Crippen LogP contribution in [0.2, 0.25) is 0 Å². The molecule has 0 saturated carbocycles. The molecule has 0 amide bonds. The fourth-order valence-electron chi connectivity index (χ4n) is 3.25. The summed E-state index contributed by atoms with van der Waals surface area (Å²) in [7, 11) is 1.00. The monoisotopic (exact) mass is 415 g/mol. The molecule has 0 unspecified atom stereocenters. The number of hydrogen-bond donors (Lipinski definition) is 2. The van der Waals surface area contributed by atoms with Gasteiger partial charge in [0.2, 0.25) is 0 Å². The van der Waals surface area contributed by atoms with E-state index in [2.05, 4.69) is 66.1 Å². The number of hydrogen-bond acceptors (Lipinski definition) is 4. The molecule has 1 fully saturated rings. The third-order valence-corrected chi connectivity index (χ3v) is 4.81. The Labute approximate surface area is 185 Å². The maximum Gasteiger partial charge on any atom is 0.0367 e. The lowest BCUT2D eigenvalue weighted by molar-refractivity contribution is 0.250. The van der Waals surface area contributed by atoms with E-state index >= 15 is 0 Å². The van der Waals surface area contributed by atoms with Crippen molar-refractivity contribution < 1.29 is 5.11 Å². The number of nitrogens with two attached hydrogens (primary N) is 1. The number of aliphatic hydroxyl groups excluding tert-OH is 1. The molecule has 3 N–H and O–H groups in total. The summed E-state index contributed by atoms with van der Waals surface area (Å²) >= 11 is 0. The normalized spacial score (nSPS) is 13.1. The zero-order chi connectivity index (χ0) is 22.6. The summed E-state index contributed by atoms with van der Waals surface area (Å²) in [5, 5.41) is 7.00. The summed E-state index contributed by atoms with van der Waals surface area (Å²) in [6.07, 6.45) is 5.54. The highest BCUT2D eigenvalue weighted by Crippen LogP contribution is 2.17. The van der Waals surface area contributed by atoms with E-state index in [0.29, 0.717) is 0 Å². The number of anilines is 2. The molecule has 0 bridgehead atoms. The molecule has 1 saturated heterocycles. The maximum atomic E-state index is 7.00. The molecule has 2 aromatic carbocycles. The average molecular weight is 416 g/mol.